The molecule has 0 aromatic carbocycles. The lowest BCUT2D eigenvalue weighted by Gasteiger charge is -2.14. The van der Waals surface area contributed by atoms with E-state index < -0.39 is 0 Å². The molecular formula is C14H22N4. The van der Waals surface area contributed by atoms with Gasteiger partial charge in [-0.15, -0.1) is 0 Å². The summed E-state index contributed by atoms with van der Waals surface area (Å²) in [6.07, 6.45) is 4.10. The van der Waals surface area contributed by atoms with Crippen LogP contribution < -0.4 is 5.73 Å². The highest BCUT2D eigenvalue weighted by molar-refractivity contribution is 5.72. The van der Waals surface area contributed by atoms with Crippen molar-refractivity contribution >= 4 is 11.2 Å². The number of aromatic nitrogens is 3. The molecule has 0 radical (unpaired) electrons. The van der Waals surface area contributed by atoms with Gasteiger partial charge in [0.15, 0.2) is 5.65 Å². The summed E-state index contributed by atoms with van der Waals surface area (Å²) in [6, 6.07) is 2.10. The quantitative estimate of drug-likeness (QED) is 0.882. The van der Waals surface area contributed by atoms with Gasteiger partial charge in [-0.05, 0) is 31.4 Å². The maximum Gasteiger partial charge on any atom is 0.160 e. The highest BCUT2D eigenvalue weighted by Gasteiger charge is 2.17. The van der Waals surface area contributed by atoms with Crippen molar-refractivity contribution in [2.45, 2.75) is 46.1 Å². The van der Waals surface area contributed by atoms with Crippen molar-refractivity contribution < 1.29 is 0 Å². The van der Waals surface area contributed by atoms with Crippen molar-refractivity contribution in [2.24, 2.45) is 5.73 Å². The monoisotopic (exact) mass is 246 g/mol. The van der Waals surface area contributed by atoms with E-state index in [1.54, 1.807) is 0 Å². The molecule has 2 aromatic rings. The number of fused-ring (bicyclic) bond motifs is 1. The van der Waals surface area contributed by atoms with Gasteiger partial charge >= 0.3 is 0 Å². The molecule has 0 spiro atoms. The van der Waals surface area contributed by atoms with E-state index in [0.29, 0.717) is 12.5 Å². The summed E-state index contributed by atoms with van der Waals surface area (Å²) in [4.78, 5) is 9.29. The zero-order valence-electron chi connectivity index (χ0n) is 11.5. The Labute approximate surface area is 108 Å². The Morgan fingerprint density at radius 1 is 1.33 bits per heavy atom. The van der Waals surface area contributed by atoms with Gasteiger partial charge < -0.3 is 10.3 Å². The number of hydrogen-bond donors (Lipinski definition) is 1. The van der Waals surface area contributed by atoms with Crippen molar-refractivity contribution in [3.8, 4) is 0 Å². The molecule has 2 heterocycles. The van der Waals surface area contributed by atoms with Gasteiger partial charge in [-0.3, -0.25) is 0 Å². The first-order valence-corrected chi connectivity index (χ1v) is 6.74. The summed E-state index contributed by atoms with van der Waals surface area (Å²) in [6.45, 7) is 7.87. The second kappa shape index (κ2) is 5.48. The van der Waals surface area contributed by atoms with E-state index in [9.17, 15) is 0 Å². The number of imidazole rings is 1. The van der Waals surface area contributed by atoms with Gasteiger partial charge in [0, 0.05) is 25.2 Å². The van der Waals surface area contributed by atoms with Gasteiger partial charge in [-0.25, -0.2) is 9.97 Å². The van der Waals surface area contributed by atoms with Crippen LogP contribution in [0.5, 0.6) is 0 Å². The van der Waals surface area contributed by atoms with E-state index in [-0.39, 0.29) is 0 Å². The van der Waals surface area contributed by atoms with Crippen molar-refractivity contribution in [2.75, 3.05) is 6.54 Å². The molecule has 2 rings (SSSR count). The van der Waals surface area contributed by atoms with Crippen LogP contribution in [0.4, 0.5) is 0 Å². The molecule has 2 aromatic heterocycles. The van der Waals surface area contributed by atoms with Crippen LogP contribution >= 0.6 is 0 Å². The van der Waals surface area contributed by atoms with Crippen LogP contribution in [0.3, 0.4) is 0 Å². The standard InChI is InChI=1S/C14H22N4/c1-4-11(5-2)13-17-12-8-10(3)9-16-14(12)18(13)7-6-15/h8-9,11H,4-7,15H2,1-3H3. The van der Waals surface area contributed by atoms with Crippen molar-refractivity contribution in [3.05, 3.63) is 23.7 Å². The van der Waals surface area contributed by atoms with E-state index in [4.69, 9.17) is 10.7 Å². The molecule has 0 amide bonds. The Kier molecular flexibility index (Phi) is 3.97. The third kappa shape index (κ3) is 2.25. The number of nitrogens with zero attached hydrogens (tertiary/aromatic N) is 3. The molecule has 2 N–H and O–H groups in total. The third-order valence-electron chi connectivity index (χ3n) is 3.45. The molecule has 4 heteroatoms. The Balaban J connectivity index is 2.59. The molecule has 0 aliphatic rings. The fourth-order valence-corrected chi connectivity index (χ4v) is 2.44. The number of nitrogens with two attached hydrogens (primary N) is 1. The average molecular weight is 246 g/mol. The smallest absolute Gasteiger partial charge is 0.160 e. The van der Waals surface area contributed by atoms with Crippen LogP contribution in [-0.2, 0) is 6.54 Å². The Morgan fingerprint density at radius 3 is 2.67 bits per heavy atom. The highest BCUT2D eigenvalue weighted by Crippen LogP contribution is 2.26. The van der Waals surface area contributed by atoms with Gasteiger partial charge in [0.05, 0.1) is 0 Å². The molecule has 0 fully saturated rings. The molecule has 0 aliphatic heterocycles. The first kappa shape index (κ1) is 13.0. The molecule has 18 heavy (non-hydrogen) atoms. The van der Waals surface area contributed by atoms with Crippen LogP contribution in [0.25, 0.3) is 11.2 Å². The maximum absolute atomic E-state index is 5.72. The number of rotatable bonds is 5. The van der Waals surface area contributed by atoms with Crippen LogP contribution in [0.2, 0.25) is 0 Å². The summed E-state index contributed by atoms with van der Waals surface area (Å²) >= 11 is 0. The predicted octanol–water partition coefficient (Wildman–Crippen LogP) is 2.60. The maximum atomic E-state index is 5.72. The molecular weight excluding hydrogens is 224 g/mol. The average Bonchev–Trinajstić information content (AvgIpc) is 2.70. The summed E-state index contributed by atoms with van der Waals surface area (Å²) in [5, 5.41) is 0. The first-order chi connectivity index (χ1) is 8.71. The topological polar surface area (TPSA) is 56.7 Å². The molecule has 0 saturated heterocycles. The second-order valence-electron chi connectivity index (χ2n) is 4.78. The summed E-state index contributed by atoms with van der Waals surface area (Å²) < 4.78 is 2.19. The molecule has 0 bridgehead atoms. The SMILES string of the molecule is CCC(CC)c1nc2cc(C)cnc2n1CCN. The minimum atomic E-state index is 0.492. The summed E-state index contributed by atoms with van der Waals surface area (Å²) in [5.41, 5.74) is 8.82. The summed E-state index contributed by atoms with van der Waals surface area (Å²) in [5.74, 6) is 1.63. The lowest BCUT2D eigenvalue weighted by atomic mass is 10.0. The minimum Gasteiger partial charge on any atom is -0.329 e. The van der Waals surface area contributed by atoms with Crippen molar-refractivity contribution in [1.29, 1.82) is 0 Å². The lowest BCUT2D eigenvalue weighted by molar-refractivity contribution is 0.555. The van der Waals surface area contributed by atoms with E-state index in [1.807, 2.05) is 13.1 Å². The van der Waals surface area contributed by atoms with Gasteiger partial charge in [-0.2, -0.15) is 0 Å². The number of aryl methyl sites for hydroxylation is 1. The first-order valence-electron chi connectivity index (χ1n) is 6.74. The van der Waals surface area contributed by atoms with E-state index in [1.165, 1.54) is 0 Å². The molecule has 4 nitrogen and oxygen atoms in total. The van der Waals surface area contributed by atoms with E-state index >= 15 is 0 Å². The molecule has 0 aliphatic carbocycles. The van der Waals surface area contributed by atoms with Crippen LogP contribution in [0.15, 0.2) is 12.3 Å². The normalized spacial score (nSPS) is 11.6. The van der Waals surface area contributed by atoms with Gasteiger partial charge in [0.25, 0.3) is 0 Å². The Hall–Kier alpha value is -1.42. The number of hydrogen-bond acceptors (Lipinski definition) is 3. The molecule has 0 unspecified atom stereocenters. The van der Waals surface area contributed by atoms with Gasteiger partial charge in [0.2, 0.25) is 0 Å². The Morgan fingerprint density at radius 2 is 2.06 bits per heavy atom. The number of pyridine rings is 1. The zero-order valence-corrected chi connectivity index (χ0v) is 11.5. The summed E-state index contributed by atoms with van der Waals surface area (Å²) in [7, 11) is 0. The highest BCUT2D eigenvalue weighted by atomic mass is 15.1. The fourth-order valence-electron chi connectivity index (χ4n) is 2.44. The van der Waals surface area contributed by atoms with Crippen molar-refractivity contribution in [3.63, 3.8) is 0 Å². The van der Waals surface area contributed by atoms with Crippen LogP contribution in [0.1, 0.15) is 44.0 Å². The zero-order chi connectivity index (χ0) is 13.1. The molecule has 98 valence electrons. The van der Waals surface area contributed by atoms with E-state index in [0.717, 1.165) is 41.9 Å². The largest absolute Gasteiger partial charge is 0.329 e. The minimum absolute atomic E-state index is 0.492. The molecule has 0 saturated carbocycles. The predicted molar refractivity (Wildman–Crippen MR) is 74.6 cm³/mol. The fraction of sp³-hybridized carbons (Fsp3) is 0.571. The lowest BCUT2D eigenvalue weighted by Crippen LogP contribution is -2.15. The Bertz CT molecular complexity index is 526. The van der Waals surface area contributed by atoms with Crippen LogP contribution in [-0.4, -0.2) is 21.1 Å². The second-order valence-corrected chi connectivity index (χ2v) is 4.78. The van der Waals surface area contributed by atoms with E-state index in [2.05, 4.69) is 29.5 Å². The molecule has 0 atom stereocenters. The third-order valence-corrected chi connectivity index (χ3v) is 3.45. The van der Waals surface area contributed by atoms with Gasteiger partial charge in [0.1, 0.15) is 11.3 Å². The van der Waals surface area contributed by atoms with Crippen molar-refractivity contribution in [1.82, 2.24) is 14.5 Å². The van der Waals surface area contributed by atoms with Crippen LogP contribution in [0, 0.1) is 6.92 Å². The van der Waals surface area contributed by atoms with Gasteiger partial charge in [-0.1, -0.05) is 13.8 Å².